The number of aliphatic hydroxyl groups is 4. The lowest BCUT2D eigenvalue weighted by atomic mass is 9.78. The van der Waals surface area contributed by atoms with Crippen molar-refractivity contribution in [2.45, 2.75) is 60.4 Å². The van der Waals surface area contributed by atoms with Gasteiger partial charge in [-0.05, 0) is 77.6 Å². The number of hydrogen-bond acceptors (Lipinski definition) is 11. The number of phenols is 1. The summed E-state index contributed by atoms with van der Waals surface area (Å²) < 4.78 is 52.8. The topological polar surface area (TPSA) is 191 Å². The minimum Gasteiger partial charge on any atom is -0.508 e. The molecule has 52 heavy (non-hydrogen) atoms. The molecule has 4 aromatic carbocycles. The molecule has 1 amide bonds. The summed E-state index contributed by atoms with van der Waals surface area (Å²) in [5.74, 6) is -3.67. The van der Waals surface area contributed by atoms with Gasteiger partial charge in [-0.25, -0.2) is 17.6 Å². The average Bonchev–Trinajstić information content (AvgIpc) is 3.14. The van der Waals surface area contributed by atoms with Gasteiger partial charge in [0.2, 0.25) is 5.91 Å². The van der Waals surface area contributed by atoms with Gasteiger partial charge in [0.25, 0.3) is 0 Å². The summed E-state index contributed by atoms with van der Waals surface area (Å²) >= 11 is 0. The number of hydrogen-bond donors (Lipinski definition) is 5. The Morgan fingerprint density at radius 1 is 0.904 bits per heavy atom. The number of aliphatic hydroxyl groups excluding tert-OH is 4. The number of phenolic OH excluding ortho intramolecular Hbond substituents is 1. The molecule has 0 saturated carbocycles. The number of methoxy groups -OCH3 is 1. The van der Waals surface area contributed by atoms with E-state index in [-0.39, 0.29) is 35.0 Å². The zero-order valence-electron chi connectivity index (χ0n) is 27.9. The molecule has 2 aliphatic heterocycles. The van der Waals surface area contributed by atoms with Gasteiger partial charge in [0, 0.05) is 5.69 Å². The zero-order chi connectivity index (χ0) is 37.3. The van der Waals surface area contributed by atoms with Crippen LogP contribution in [0, 0.1) is 11.7 Å². The van der Waals surface area contributed by atoms with Gasteiger partial charge in [-0.15, -0.1) is 0 Å². The number of benzene rings is 4. The summed E-state index contributed by atoms with van der Waals surface area (Å²) in [5, 5.41) is 52.8. The number of nitrogens with zero attached hydrogens (tertiary/aromatic N) is 1. The highest BCUT2D eigenvalue weighted by molar-refractivity contribution is 7.91. The first-order valence-electron chi connectivity index (χ1n) is 16.6. The van der Waals surface area contributed by atoms with Crippen LogP contribution >= 0.6 is 0 Å². The highest BCUT2D eigenvalue weighted by Crippen LogP contribution is 2.49. The maximum absolute atomic E-state index is 14.5. The minimum atomic E-state index is -4.52. The molecule has 5 N–H and O–H groups in total. The molecule has 0 aromatic heterocycles. The first-order valence-corrected chi connectivity index (χ1v) is 18.2. The quantitative estimate of drug-likeness (QED) is 0.112. The van der Waals surface area contributed by atoms with Crippen molar-refractivity contribution in [1.82, 2.24) is 0 Å². The molecule has 274 valence electrons. The molecule has 2 saturated heterocycles. The molecule has 0 spiro atoms. The number of rotatable bonds is 11. The Kier molecular flexibility index (Phi) is 10.8. The normalized spacial score (nSPS) is 25.3. The van der Waals surface area contributed by atoms with Gasteiger partial charge in [0.05, 0.1) is 35.8 Å². The summed E-state index contributed by atoms with van der Waals surface area (Å²) in [7, 11) is -3.50. The van der Waals surface area contributed by atoms with Crippen LogP contribution in [0.3, 0.4) is 0 Å². The Morgan fingerprint density at radius 2 is 1.60 bits per heavy atom. The second-order valence-corrected chi connectivity index (χ2v) is 14.9. The van der Waals surface area contributed by atoms with E-state index in [4.69, 9.17) is 4.74 Å². The van der Waals surface area contributed by atoms with E-state index in [2.05, 4.69) is 4.74 Å². The van der Waals surface area contributed by atoms with E-state index < -0.39 is 76.0 Å². The molecule has 12 nitrogen and oxygen atoms in total. The van der Waals surface area contributed by atoms with Crippen LogP contribution in [0.5, 0.6) is 5.75 Å². The molecular formula is C38H38FNO11S. The third kappa shape index (κ3) is 7.31. The van der Waals surface area contributed by atoms with Crippen molar-refractivity contribution in [3.8, 4) is 16.9 Å². The van der Waals surface area contributed by atoms with Crippen molar-refractivity contribution in [2.24, 2.45) is 5.92 Å². The predicted octanol–water partition coefficient (Wildman–Crippen LogP) is 3.21. The van der Waals surface area contributed by atoms with Gasteiger partial charge in [-0.3, -0.25) is 4.79 Å². The van der Waals surface area contributed by atoms with Crippen molar-refractivity contribution in [2.75, 3.05) is 17.8 Å². The number of anilines is 1. The van der Waals surface area contributed by atoms with Crippen LogP contribution in [0.4, 0.5) is 10.1 Å². The lowest BCUT2D eigenvalue weighted by Crippen LogP contribution is -2.61. The fourth-order valence-corrected chi connectivity index (χ4v) is 8.61. The fourth-order valence-electron chi connectivity index (χ4n) is 6.87. The predicted molar refractivity (Wildman–Crippen MR) is 185 cm³/mol. The van der Waals surface area contributed by atoms with Crippen LogP contribution in [-0.4, -0.2) is 89.2 Å². The lowest BCUT2D eigenvalue weighted by Gasteiger charge is -2.48. The molecule has 6 rings (SSSR count). The molecule has 0 radical (unpaired) electrons. The van der Waals surface area contributed by atoms with Gasteiger partial charge in [-0.2, -0.15) is 0 Å². The van der Waals surface area contributed by atoms with Crippen LogP contribution in [0.2, 0.25) is 0 Å². The second kappa shape index (κ2) is 15.1. The van der Waals surface area contributed by atoms with Crippen molar-refractivity contribution < 1.29 is 57.4 Å². The van der Waals surface area contributed by atoms with E-state index in [1.807, 2.05) is 0 Å². The maximum atomic E-state index is 14.5. The fraction of sp³-hybridized carbons (Fsp3) is 0.316. The van der Waals surface area contributed by atoms with E-state index in [0.717, 1.165) is 7.11 Å². The molecule has 0 bridgehead atoms. The SMILES string of the molecule is COC(=O)C1O[C@@H](CS(=O)(=O)c2cc(-c3cccc(O)c3)ccc2[C@@H]2[C@@H](CC[C@H](O)c3ccc(F)cc3)C(=O)N2c2ccccc2)C(O)[C@@H](O)[C@@H]1O. The molecule has 2 unspecified atom stereocenters. The summed E-state index contributed by atoms with van der Waals surface area (Å²) in [4.78, 5) is 27.4. The van der Waals surface area contributed by atoms with Gasteiger partial charge in [0.1, 0.15) is 36.0 Å². The van der Waals surface area contributed by atoms with Crippen LogP contribution in [-0.2, 0) is 28.9 Å². The molecule has 2 aliphatic rings. The zero-order valence-corrected chi connectivity index (χ0v) is 28.7. The molecule has 4 aromatic rings. The van der Waals surface area contributed by atoms with E-state index >= 15 is 0 Å². The monoisotopic (exact) mass is 735 g/mol. The largest absolute Gasteiger partial charge is 0.508 e. The maximum Gasteiger partial charge on any atom is 0.337 e. The summed E-state index contributed by atoms with van der Waals surface area (Å²) in [6.07, 6.45) is -10.0. The number of amides is 1. The van der Waals surface area contributed by atoms with Crippen LogP contribution in [0.25, 0.3) is 11.1 Å². The van der Waals surface area contributed by atoms with Crippen molar-refractivity contribution in [3.05, 3.63) is 114 Å². The third-order valence-corrected chi connectivity index (χ3v) is 11.4. The van der Waals surface area contributed by atoms with Gasteiger partial charge in [-0.1, -0.05) is 54.6 Å². The Hall–Kier alpha value is -4.70. The van der Waals surface area contributed by atoms with Crippen LogP contribution < -0.4 is 4.90 Å². The number of aromatic hydroxyl groups is 1. The van der Waals surface area contributed by atoms with Gasteiger partial charge >= 0.3 is 5.97 Å². The second-order valence-electron chi connectivity index (χ2n) is 12.9. The number of β-lactam (4-membered cyclic amide) rings is 1. The van der Waals surface area contributed by atoms with E-state index in [1.165, 1.54) is 47.4 Å². The van der Waals surface area contributed by atoms with E-state index in [9.17, 15) is 47.9 Å². The Morgan fingerprint density at radius 3 is 2.27 bits per heavy atom. The molecule has 0 aliphatic carbocycles. The standard InChI is InChI=1S/C38H38FNO11S/c1-50-38(47)36-35(45)34(44)33(43)30(51-36)20-52(48,49)31-19-23(22-6-5-9-26(41)18-22)12-15-27(31)32-28(37(46)40(32)25-7-3-2-4-8-25)16-17-29(42)21-10-13-24(39)14-11-21/h2-15,18-19,28-30,32-36,41-45H,16-17,20H2,1H3/t28-,29+,30+,32-,33?,34-,35+,36?/m1/s1. The smallest absolute Gasteiger partial charge is 0.337 e. The van der Waals surface area contributed by atoms with E-state index in [0.29, 0.717) is 22.4 Å². The van der Waals surface area contributed by atoms with Crippen LogP contribution in [0.1, 0.15) is 36.1 Å². The molecule has 14 heteroatoms. The first-order chi connectivity index (χ1) is 24.8. The molecule has 8 atom stereocenters. The molecule has 2 heterocycles. The highest BCUT2D eigenvalue weighted by Gasteiger charge is 2.52. The first kappa shape index (κ1) is 37.1. The number of sulfone groups is 1. The Labute approximate surface area is 299 Å². The molecule has 2 fully saturated rings. The average molecular weight is 736 g/mol. The van der Waals surface area contributed by atoms with Crippen LogP contribution in [0.15, 0.2) is 102 Å². The number of carbonyl (C=O) groups excluding carboxylic acids is 2. The van der Waals surface area contributed by atoms with Gasteiger partial charge < -0.3 is 39.9 Å². The number of carbonyl (C=O) groups is 2. The minimum absolute atomic E-state index is 0.0641. The highest BCUT2D eigenvalue weighted by atomic mass is 32.2. The number of halogens is 1. The summed E-state index contributed by atoms with van der Waals surface area (Å²) in [6, 6.07) is 23.9. The Bertz CT molecular complexity index is 2030. The van der Waals surface area contributed by atoms with E-state index in [1.54, 1.807) is 54.6 Å². The summed E-state index contributed by atoms with van der Waals surface area (Å²) in [5.41, 5.74) is 2.03. The summed E-state index contributed by atoms with van der Waals surface area (Å²) in [6.45, 7) is 0. The number of esters is 1. The Balaban J connectivity index is 1.42. The number of para-hydroxylation sites is 1. The lowest BCUT2D eigenvalue weighted by molar-refractivity contribution is -0.224. The van der Waals surface area contributed by atoms with Crippen molar-refractivity contribution >= 4 is 27.4 Å². The number of ether oxygens (including phenoxy) is 2. The van der Waals surface area contributed by atoms with Gasteiger partial charge in [0.15, 0.2) is 15.9 Å². The van der Waals surface area contributed by atoms with Crippen molar-refractivity contribution in [3.63, 3.8) is 0 Å². The molecular weight excluding hydrogens is 697 g/mol. The third-order valence-electron chi connectivity index (χ3n) is 9.63. The van der Waals surface area contributed by atoms with Crippen molar-refractivity contribution in [1.29, 1.82) is 0 Å².